The molecule has 2 aromatic carbocycles. The van der Waals surface area contributed by atoms with E-state index >= 15 is 0 Å². The second-order valence-corrected chi connectivity index (χ2v) is 11.5. The van der Waals surface area contributed by atoms with Crippen LogP contribution in [0.2, 0.25) is 0 Å². The first-order valence-electron chi connectivity index (χ1n) is 11.2. The number of sulfonamides is 1. The van der Waals surface area contributed by atoms with Crippen molar-refractivity contribution in [1.82, 2.24) is 15.0 Å². The van der Waals surface area contributed by atoms with Crippen molar-refractivity contribution < 1.29 is 17.8 Å². The summed E-state index contributed by atoms with van der Waals surface area (Å²) in [6.07, 6.45) is 6.63. The third-order valence-corrected chi connectivity index (χ3v) is 8.50. The van der Waals surface area contributed by atoms with Crippen LogP contribution in [-0.4, -0.2) is 36.4 Å². The molecule has 2 atom stereocenters. The van der Waals surface area contributed by atoms with Crippen LogP contribution in [0.1, 0.15) is 24.8 Å². The highest BCUT2D eigenvalue weighted by molar-refractivity contribution is 7.91. The smallest absolute Gasteiger partial charge is 0.241 e. The molecular formula is C25H27N3O4S2. The number of nitrogens with one attached hydrogen (secondary N) is 2. The van der Waals surface area contributed by atoms with Gasteiger partial charge in [0.2, 0.25) is 15.9 Å². The summed E-state index contributed by atoms with van der Waals surface area (Å²) < 4.78 is 41.5. The predicted molar refractivity (Wildman–Crippen MR) is 130 cm³/mol. The van der Waals surface area contributed by atoms with Crippen LogP contribution in [-0.2, 0) is 32.4 Å². The van der Waals surface area contributed by atoms with E-state index in [-0.39, 0.29) is 17.2 Å². The number of nitrogens with zero attached hydrogens (tertiary/aromatic N) is 1. The Morgan fingerprint density at radius 1 is 1.03 bits per heavy atom. The third-order valence-electron chi connectivity index (χ3n) is 5.64. The average molecular weight is 498 g/mol. The summed E-state index contributed by atoms with van der Waals surface area (Å²) in [6.45, 7) is 0.533. The van der Waals surface area contributed by atoms with Crippen LogP contribution < -0.4 is 10.0 Å². The summed E-state index contributed by atoms with van der Waals surface area (Å²) in [5.74, 6) is 0.322. The quantitative estimate of drug-likeness (QED) is 0.396. The second kappa shape index (κ2) is 11.1. The van der Waals surface area contributed by atoms with Gasteiger partial charge in [-0.25, -0.2) is 8.42 Å². The highest BCUT2D eigenvalue weighted by Crippen LogP contribution is 2.31. The molecule has 9 heteroatoms. The molecule has 2 N–H and O–H groups in total. The Hall–Kier alpha value is -2.72. The molecule has 1 fully saturated rings. The molecule has 1 saturated carbocycles. The number of rotatable bonds is 11. The van der Waals surface area contributed by atoms with Crippen molar-refractivity contribution >= 4 is 27.1 Å². The molecule has 0 aliphatic heterocycles. The predicted octanol–water partition coefficient (Wildman–Crippen LogP) is 3.05. The molecule has 34 heavy (non-hydrogen) atoms. The summed E-state index contributed by atoms with van der Waals surface area (Å²) in [4.78, 5) is 17.8. The van der Waals surface area contributed by atoms with E-state index in [0.29, 0.717) is 22.3 Å². The SMILES string of the molecule is O=C(NCCC1CC1)[C@H](Cc1ccccc1)NS(=O)(=O)c1ccc([S+]([O-])c2cccnc2)cc1. The molecule has 0 radical (unpaired) electrons. The van der Waals surface area contributed by atoms with E-state index in [1.807, 2.05) is 30.3 Å². The van der Waals surface area contributed by atoms with Crippen molar-refractivity contribution in [2.75, 3.05) is 6.54 Å². The standard InChI is InChI=1S/C25H27N3O4S2/c29-25(27-16-14-19-8-9-19)24(17-20-5-2-1-3-6-20)28-34(31,32)23-12-10-21(11-13-23)33(30)22-7-4-15-26-18-22/h1-7,10-13,15,18-19,24,28H,8-9,14,16-17H2,(H,27,29)/t24-,33?/m0/s1. The zero-order valence-corrected chi connectivity index (χ0v) is 20.2. The van der Waals surface area contributed by atoms with Crippen molar-refractivity contribution in [3.05, 3.63) is 84.7 Å². The number of aromatic nitrogens is 1. The number of benzene rings is 2. The highest BCUT2D eigenvalue weighted by Gasteiger charge is 2.27. The minimum Gasteiger partial charge on any atom is -0.606 e. The zero-order valence-electron chi connectivity index (χ0n) is 18.6. The number of carbonyl (C=O) groups is 1. The number of hydrogen-bond donors (Lipinski definition) is 2. The van der Waals surface area contributed by atoms with Crippen LogP contribution in [0.5, 0.6) is 0 Å². The largest absolute Gasteiger partial charge is 0.606 e. The van der Waals surface area contributed by atoms with Crippen LogP contribution in [0.15, 0.2) is 93.8 Å². The summed E-state index contributed by atoms with van der Waals surface area (Å²) in [7, 11) is -3.98. The third kappa shape index (κ3) is 6.66. The van der Waals surface area contributed by atoms with Crippen LogP contribution >= 0.6 is 0 Å². The lowest BCUT2D eigenvalue weighted by Gasteiger charge is -2.19. The molecule has 1 amide bonds. The molecule has 4 rings (SSSR count). The zero-order chi connectivity index (χ0) is 24.0. The van der Waals surface area contributed by atoms with Gasteiger partial charge in [-0.1, -0.05) is 43.2 Å². The summed E-state index contributed by atoms with van der Waals surface area (Å²) >= 11 is -1.47. The minimum atomic E-state index is -3.98. The first kappa shape index (κ1) is 24.4. The highest BCUT2D eigenvalue weighted by atomic mass is 32.2. The van der Waals surface area contributed by atoms with Crippen LogP contribution in [0.25, 0.3) is 0 Å². The van der Waals surface area contributed by atoms with Crippen molar-refractivity contribution in [1.29, 1.82) is 0 Å². The molecule has 0 bridgehead atoms. The molecule has 1 unspecified atom stereocenters. The van der Waals surface area contributed by atoms with E-state index in [9.17, 15) is 17.8 Å². The second-order valence-electron chi connectivity index (χ2n) is 8.32. The summed E-state index contributed by atoms with van der Waals surface area (Å²) in [5.41, 5.74) is 0.856. The van der Waals surface area contributed by atoms with Gasteiger partial charge in [-0.15, -0.1) is 0 Å². The van der Waals surface area contributed by atoms with Crippen molar-refractivity contribution in [2.45, 2.75) is 46.4 Å². The van der Waals surface area contributed by atoms with E-state index < -0.39 is 27.2 Å². The summed E-state index contributed by atoms with van der Waals surface area (Å²) in [6, 6.07) is 17.6. The molecule has 178 valence electrons. The summed E-state index contributed by atoms with van der Waals surface area (Å²) in [5, 5.41) is 2.88. The first-order chi connectivity index (χ1) is 16.4. The maximum absolute atomic E-state index is 13.1. The molecule has 1 aliphatic rings. The van der Waals surface area contributed by atoms with Gasteiger partial charge in [0.15, 0.2) is 9.79 Å². The molecule has 1 aromatic heterocycles. The van der Waals surface area contributed by atoms with Crippen molar-refractivity contribution in [3.8, 4) is 0 Å². The fourth-order valence-corrected chi connectivity index (χ4v) is 5.77. The number of pyridine rings is 1. The van der Waals surface area contributed by atoms with Crippen LogP contribution in [0.3, 0.4) is 0 Å². The van der Waals surface area contributed by atoms with E-state index in [0.717, 1.165) is 12.0 Å². The van der Waals surface area contributed by atoms with E-state index in [1.165, 1.54) is 43.3 Å². The van der Waals surface area contributed by atoms with E-state index in [2.05, 4.69) is 15.0 Å². The van der Waals surface area contributed by atoms with Gasteiger partial charge in [-0.05, 0) is 60.7 Å². The lowest BCUT2D eigenvalue weighted by molar-refractivity contribution is -0.122. The Morgan fingerprint density at radius 2 is 1.76 bits per heavy atom. The Labute approximate surface area is 203 Å². The topological polar surface area (TPSA) is 111 Å². The number of amides is 1. The Bertz CT molecular complexity index is 1190. The Morgan fingerprint density at radius 3 is 2.41 bits per heavy atom. The van der Waals surface area contributed by atoms with E-state index in [4.69, 9.17) is 0 Å². The lowest BCUT2D eigenvalue weighted by Crippen LogP contribution is -2.48. The fourth-order valence-electron chi connectivity index (χ4n) is 3.56. The molecule has 0 spiro atoms. The molecular weight excluding hydrogens is 470 g/mol. The van der Waals surface area contributed by atoms with Gasteiger partial charge < -0.3 is 9.87 Å². The number of hydrogen-bond acceptors (Lipinski definition) is 5. The molecule has 1 aliphatic carbocycles. The molecule has 1 heterocycles. The van der Waals surface area contributed by atoms with Crippen LogP contribution in [0.4, 0.5) is 0 Å². The molecule has 7 nitrogen and oxygen atoms in total. The maximum atomic E-state index is 13.1. The minimum absolute atomic E-state index is 0.00304. The fraction of sp³-hybridized carbons (Fsp3) is 0.280. The number of carbonyl (C=O) groups excluding carboxylic acids is 1. The average Bonchev–Trinajstić information content (AvgIpc) is 3.69. The normalized spacial score (nSPS) is 15.4. The van der Waals surface area contributed by atoms with Gasteiger partial charge in [0.25, 0.3) is 0 Å². The lowest BCUT2D eigenvalue weighted by atomic mass is 10.1. The van der Waals surface area contributed by atoms with Gasteiger partial charge in [0.05, 0.1) is 11.1 Å². The monoisotopic (exact) mass is 497 g/mol. The Balaban J connectivity index is 1.47. The van der Waals surface area contributed by atoms with Gasteiger partial charge in [-0.2, -0.15) is 4.72 Å². The first-order valence-corrected chi connectivity index (χ1v) is 13.8. The van der Waals surface area contributed by atoms with Crippen molar-refractivity contribution in [2.24, 2.45) is 5.92 Å². The van der Waals surface area contributed by atoms with Crippen LogP contribution in [0, 0.1) is 5.92 Å². The molecule has 3 aromatic rings. The molecule has 0 saturated heterocycles. The van der Waals surface area contributed by atoms with Gasteiger partial charge in [0.1, 0.15) is 6.04 Å². The van der Waals surface area contributed by atoms with Crippen molar-refractivity contribution in [3.63, 3.8) is 0 Å². The van der Waals surface area contributed by atoms with Gasteiger partial charge in [-0.3, -0.25) is 9.78 Å². The van der Waals surface area contributed by atoms with Gasteiger partial charge >= 0.3 is 0 Å². The van der Waals surface area contributed by atoms with Gasteiger partial charge in [0, 0.05) is 23.9 Å². The Kier molecular flexibility index (Phi) is 7.99. The van der Waals surface area contributed by atoms with E-state index in [1.54, 1.807) is 18.3 Å². The maximum Gasteiger partial charge on any atom is 0.241 e.